The van der Waals surface area contributed by atoms with E-state index < -0.39 is 18.1 Å². The Morgan fingerprint density at radius 2 is 0.933 bits per heavy atom. The van der Waals surface area contributed by atoms with Gasteiger partial charge in [0.15, 0.2) is 12.1 Å². The average Bonchev–Trinajstić information content (AvgIpc) is 3.21. The number of rotatable bonds is 43. The second-order valence-corrected chi connectivity index (χ2v) is 17.5. The third-order valence-corrected chi connectivity index (χ3v) is 10.8. The molecule has 0 aliphatic carbocycles. The van der Waals surface area contributed by atoms with Gasteiger partial charge in [0.05, 0.1) is 34.4 Å². The van der Waals surface area contributed by atoms with Gasteiger partial charge in [-0.2, -0.15) is 0 Å². The van der Waals surface area contributed by atoms with Crippen molar-refractivity contribution in [1.82, 2.24) is 0 Å². The molecule has 1 N–H and O–H groups in total. The van der Waals surface area contributed by atoms with Crippen LogP contribution in [0.2, 0.25) is 0 Å². The maximum atomic E-state index is 12.8. The van der Waals surface area contributed by atoms with Crippen molar-refractivity contribution in [2.45, 2.75) is 212 Å². The quantitative estimate of drug-likeness (QED) is 0.0282. The Hall–Kier alpha value is -2.97. The van der Waals surface area contributed by atoms with Crippen LogP contribution in [0.1, 0.15) is 200 Å². The van der Waals surface area contributed by atoms with E-state index in [9.17, 15) is 19.5 Å². The third kappa shape index (κ3) is 40.4. The standard InChI is InChI=1S/C52H91NO7/c1-6-8-10-12-14-16-18-20-21-22-23-24-25-26-27-28-29-31-33-35-37-39-41-43-51(55)60-48(46-58-45-44-49(52(56)57)53(3,4)5)47-59-50(54)42-40-38-36-34-32-30-19-17-15-13-11-9-7-2/h9,11,13,15,17,19,30,32,34,36,48-49H,6-8,10,12,14,16,18,20-29,31,33,35,37-47H2,1-5H3/p+1/b11-9+,15-13+,19-17+,32-30+,36-34+. The lowest BCUT2D eigenvalue weighted by atomic mass is 10.0. The van der Waals surface area contributed by atoms with Crippen LogP contribution in [0.25, 0.3) is 0 Å². The molecule has 0 heterocycles. The minimum atomic E-state index is -0.885. The second kappa shape index (κ2) is 42.7. The average molecular weight is 843 g/mol. The van der Waals surface area contributed by atoms with Crippen LogP contribution in [0.3, 0.4) is 0 Å². The second-order valence-electron chi connectivity index (χ2n) is 17.5. The molecule has 0 aromatic carbocycles. The van der Waals surface area contributed by atoms with Crippen molar-refractivity contribution in [2.24, 2.45) is 0 Å². The lowest BCUT2D eigenvalue weighted by molar-refractivity contribution is -0.887. The van der Waals surface area contributed by atoms with Crippen LogP contribution in [0, 0.1) is 0 Å². The van der Waals surface area contributed by atoms with E-state index in [1.807, 2.05) is 75.8 Å². The largest absolute Gasteiger partial charge is 0.477 e. The van der Waals surface area contributed by atoms with E-state index in [0.717, 1.165) is 32.1 Å². The van der Waals surface area contributed by atoms with Crippen molar-refractivity contribution in [2.75, 3.05) is 41.0 Å². The Labute approximate surface area is 368 Å². The summed E-state index contributed by atoms with van der Waals surface area (Å²) in [5.74, 6) is -1.56. The number of hydrogen-bond acceptors (Lipinski definition) is 6. The summed E-state index contributed by atoms with van der Waals surface area (Å²) >= 11 is 0. The first-order valence-corrected chi connectivity index (χ1v) is 24.4. The Morgan fingerprint density at radius 1 is 0.517 bits per heavy atom. The number of allylic oxidation sites excluding steroid dienone is 10. The zero-order valence-electron chi connectivity index (χ0n) is 39.4. The van der Waals surface area contributed by atoms with Crippen LogP contribution >= 0.6 is 0 Å². The maximum absolute atomic E-state index is 12.8. The van der Waals surface area contributed by atoms with Crippen molar-refractivity contribution in [3.8, 4) is 0 Å². The molecule has 0 bridgehead atoms. The molecule has 0 aromatic rings. The van der Waals surface area contributed by atoms with Gasteiger partial charge in [-0.25, -0.2) is 4.79 Å². The zero-order chi connectivity index (χ0) is 44.2. The molecule has 0 saturated carbocycles. The highest BCUT2D eigenvalue weighted by atomic mass is 16.6. The summed E-state index contributed by atoms with van der Waals surface area (Å²) in [5.41, 5.74) is 0. The number of aliphatic carboxylic acids is 1. The van der Waals surface area contributed by atoms with Crippen LogP contribution in [0.5, 0.6) is 0 Å². The predicted molar refractivity (Wildman–Crippen MR) is 252 cm³/mol. The number of carboxylic acids is 1. The lowest BCUT2D eigenvalue weighted by Crippen LogP contribution is -2.50. The van der Waals surface area contributed by atoms with Gasteiger partial charge in [0, 0.05) is 19.3 Å². The SMILES string of the molecule is CC/C=C/C=C/C=C/C=C/C=C/CCCC(=O)OCC(COCCC(C(=O)O)[N+](C)(C)C)OC(=O)CCCCCCCCCCCCCCCCCCCCCCCCC. The fraction of sp³-hybridized carbons (Fsp3) is 0.750. The normalized spacial score (nSPS) is 13.4. The fourth-order valence-electron chi connectivity index (χ4n) is 7.06. The highest BCUT2D eigenvalue weighted by molar-refractivity contribution is 5.72. The van der Waals surface area contributed by atoms with Gasteiger partial charge in [0.2, 0.25) is 0 Å². The minimum Gasteiger partial charge on any atom is -0.477 e. The molecule has 8 nitrogen and oxygen atoms in total. The van der Waals surface area contributed by atoms with Gasteiger partial charge in [-0.1, -0.05) is 216 Å². The van der Waals surface area contributed by atoms with Gasteiger partial charge in [-0.3, -0.25) is 9.59 Å². The summed E-state index contributed by atoms with van der Waals surface area (Å²) in [6.45, 7) is 4.53. The fourth-order valence-corrected chi connectivity index (χ4v) is 7.06. The van der Waals surface area contributed by atoms with Crippen LogP contribution in [0.4, 0.5) is 0 Å². The molecule has 0 amide bonds. The molecule has 0 fully saturated rings. The first-order valence-electron chi connectivity index (χ1n) is 24.4. The van der Waals surface area contributed by atoms with E-state index in [1.54, 1.807) is 0 Å². The van der Waals surface area contributed by atoms with Gasteiger partial charge in [-0.15, -0.1) is 0 Å². The number of ether oxygens (including phenoxy) is 3. The van der Waals surface area contributed by atoms with Crippen LogP contribution < -0.4 is 0 Å². The highest BCUT2D eigenvalue weighted by Gasteiger charge is 2.31. The first kappa shape index (κ1) is 57.0. The van der Waals surface area contributed by atoms with E-state index in [1.165, 1.54) is 128 Å². The number of carbonyl (C=O) groups excluding carboxylic acids is 2. The molecule has 346 valence electrons. The smallest absolute Gasteiger partial charge is 0.362 e. The first-order chi connectivity index (χ1) is 29.1. The van der Waals surface area contributed by atoms with E-state index in [-0.39, 0.29) is 42.7 Å². The monoisotopic (exact) mass is 843 g/mol. The van der Waals surface area contributed by atoms with Gasteiger partial charge in [-0.05, 0) is 25.7 Å². The molecule has 0 aliphatic rings. The van der Waals surface area contributed by atoms with Crippen molar-refractivity contribution in [3.05, 3.63) is 60.8 Å². The number of unbranched alkanes of at least 4 members (excludes halogenated alkanes) is 23. The van der Waals surface area contributed by atoms with Crippen molar-refractivity contribution >= 4 is 17.9 Å². The minimum absolute atomic E-state index is 0.0383. The van der Waals surface area contributed by atoms with Crippen LogP contribution in [-0.2, 0) is 28.6 Å². The lowest BCUT2D eigenvalue weighted by Gasteiger charge is -2.31. The van der Waals surface area contributed by atoms with Gasteiger partial charge in [0.1, 0.15) is 6.61 Å². The van der Waals surface area contributed by atoms with Crippen LogP contribution in [-0.4, -0.2) is 80.6 Å². The molecule has 0 saturated heterocycles. The Bertz CT molecular complexity index is 1170. The van der Waals surface area contributed by atoms with Crippen LogP contribution in [0.15, 0.2) is 60.8 Å². The number of likely N-dealkylation sites (N-methyl/N-ethyl adjacent to an activating group) is 1. The van der Waals surface area contributed by atoms with Gasteiger partial charge < -0.3 is 23.8 Å². The number of hydrogen-bond donors (Lipinski definition) is 1. The Balaban J connectivity index is 4.25. The Morgan fingerprint density at radius 3 is 1.37 bits per heavy atom. The van der Waals surface area contributed by atoms with Crippen molar-refractivity contribution < 1.29 is 38.2 Å². The topological polar surface area (TPSA) is 99.1 Å². The maximum Gasteiger partial charge on any atom is 0.362 e. The molecule has 0 rings (SSSR count). The number of quaternary nitrogens is 1. The molecule has 0 aromatic heterocycles. The zero-order valence-corrected chi connectivity index (χ0v) is 39.4. The van der Waals surface area contributed by atoms with Crippen molar-refractivity contribution in [1.29, 1.82) is 0 Å². The molecule has 0 spiro atoms. The highest BCUT2D eigenvalue weighted by Crippen LogP contribution is 2.16. The summed E-state index contributed by atoms with van der Waals surface area (Å²) in [7, 11) is 5.51. The van der Waals surface area contributed by atoms with Gasteiger partial charge >= 0.3 is 17.9 Å². The molecular weight excluding hydrogens is 751 g/mol. The molecular formula is C52H92NO7+. The number of carboxylic acid groups (broad SMARTS) is 1. The molecule has 60 heavy (non-hydrogen) atoms. The van der Waals surface area contributed by atoms with Crippen molar-refractivity contribution in [3.63, 3.8) is 0 Å². The van der Waals surface area contributed by atoms with E-state index in [2.05, 4.69) is 19.9 Å². The molecule has 2 atom stereocenters. The van der Waals surface area contributed by atoms with Gasteiger partial charge in [0.25, 0.3) is 0 Å². The van der Waals surface area contributed by atoms with E-state index >= 15 is 0 Å². The number of nitrogens with zero attached hydrogens (tertiary/aromatic N) is 1. The van der Waals surface area contributed by atoms with E-state index in [4.69, 9.17) is 14.2 Å². The number of esters is 2. The molecule has 2 unspecified atom stereocenters. The van der Waals surface area contributed by atoms with E-state index in [0.29, 0.717) is 19.3 Å². The summed E-state index contributed by atoms with van der Waals surface area (Å²) in [6.07, 6.45) is 52.9. The molecule has 0 aliphatic heterocycles. The Kier molecular flexibility index (Phi) is 40.6. The number of carbonyl (C=O) groups is 3. The summed E-state index contributed by atoms with van der Waals surface area (Å²) < 4.78 is 17.2. The molecule has 0 radical (unpaired) electrons. The summed E-state index contributed by atoms with van der Waals surface area (Å²) in [4.78, 5) is 37.0. The third-order valence-electron chi connectivity index (χ3n) is 10.8. The predicted octanol–water partition coefficient (Wildman–Crippen LogP) is 13.8. The summed E-state index contributed by atoms with van der Waals surface area (Å²) in [6, 6.07) is -0.626. The summed E-state index contributed by atoms with van der Waals surface area (Å²) in [5, 5.41) is 9.63. The molecule has 8 heteroatoms.